The molecule has 0 saturated heterocycles. The van der Waals surface area contributed by atoms with E-state index in [9.17, 15) is 4.79 Å². The smallest absolute Gasteiger partial charge is 0.313 e. The molecule has 0 unspecified atom stereocenters. The van der Waals surface area contributed by atoms with Gasteiger partial charge in [0, 0.05) is 6.07 Å². The molecule has 0 aliphatic rings. The zero-order valence-electron chi connectivity index (χ0n) is 10.4. The van der Waals surface area contributed by atoms with E-state index in [1.807, 2.05) is 28.8 Å². The Labute approximate surface area is 118 Å². The number of rotatable bonds is 5. The predicted octanol–water partition coefficient (Wildman–Crippen LogP) is 2.25. The maximum absolute atomic E-state index is 10.7. The molecule has 0 aliphatic heterocycles. The summed E-state index contributed by atoms with van der Waals surface area (Å²) >= 11 is 1.19. The van der Waals surface area contributed by atoms with Crippen LogP contribution in [0.15, 0.2) is 46.2 Å². The highest BCUT2D eigenvalue weighted by Gasteiger charge is 2.13. The van der Waals surface area contributed by atoms with E-state index in [1.54, 1.807) is 12.3 Å². The van der Waals surface area contributed by atoms with Crippen molar-refractivity contribution in [3.05, 3.63) is 42.3 Å². The molecular weight excluding hydrogens is 278 g/mol. The highest BCUT2D eigenvalue weighted by molar-refractivity contribution is 7.99. The third kappa shape index (κ3) is 2.53. The standard InChI is InChI=1S/C13H11N3O3S/c17-12(18)8-20-13-15-10-3-1-2-4-11(10)16(13)7-9-5-6-14-19-9/h1-6H,7-8H2,(H,17,18). The quantitative estimate of drug-likeness (QED) is 0.725. The van der Waals surface area contributed by atoms with Gasteiger partial charge < -0.3 is 14.2 Å². The van der Waals surface area contributed by atoms with Crippen LogP contribution in [0.4, 0.5) is 0 Å². The highest BCUT2D eigenvalue weighted by Crippen LogP contribution is 2.25. The summed E-state index contributed by atoms with van der Waals surface area (Å²) in [5.41, 5.74) is 1.77. The van der Waals surface area contributed by atoms with E-state index in [0.29, 0.717) is 17.5 Å². The molecule has 6 nitrogen and oxygen atoms in total. The highest BCUT2D eigenvalue weighted by atomic mass is 32.2. The van der Waals surface area contributed by atoms with Gasteiger partial charge in [-0.2, -0.15) is 0 Å². The molecule has 0 fully saturated rings. The fraction of sp³-hybridized carbons (Fsp3) is 0.154. The maximum Gasteiger partial charge on any atom is 0.313 e. The lowest BCUT2D eigenvalue weighted by Gasteiger charge is -2.05. The van der Waals surface area contributed by atoms with E-state index < -0.39 is 5.97 Å². The minimum Gasteiger partial charge on any atom is -0.481 e. The summed E-state index contributed by atoms with van der Waals surface area (Å²) in [7, 11) is 0. The van der Waals surface area contributed by atoms with Crippen LogP contribution in [-0.2, 0) is 11.3 Å². The fourth-order valence-electron chi connectivity index (χ4n) is 1.92. The van der Waals surface area contributed by atoms with Crippen molar-refractivity contribution in [3.63, 3.8) is 0 Å². The van der Waals surface area contributed by atoms with Crippen LogP contribution < -0.4 is 0 Å². The third-order valence-corrected chi connectivity index (χ3v) is 3.71. The summed E-state index contributed by atoms with van der Waals surface area (Å²) in [6.45, 7) is 0.475. The fourth-order valence-corrected chi connectivity index (χ4v) is 2.66. The van der Waals surface area contributed by atoms with Crippen molar-refractivity contribution in [1.82, 2.24) is 14.7 Å². The number of hydrogen-bond acceptors (Lipinski definition) is 5. The van der Waals surface area contributed by atoms with E-state index in [4.69, 9.17) is 9.63 Å². The zero-order chi connectivity index (χ0) is 13.9. The second-order valence-electron chi connectivity index (χ2n) is 4.13. The van der Waals surface area contributed by atoms with E-state index in [1.165, 1.54) is 11.8 Å². The summed E-state index contributed by atoms with van der Waals surface area (Å²) < 4.78 is 7.05. The first-order chi connectivity index (χ1) is 9.74. The Morgan fingerprint density at radius 1 is 1.35 bits per heavy atom. The van der Waals surface area contributed by atoms with Crippen LogP contribution in [0.2, 0.25) is 0 Å². The molecule has 0 bridgehead atoms. The molecule has 102 valence electrons. The first kappa shape index (κ1) is 12.7. The van der Waals surface area contributed by atoms with Crippen molar-refractivity contribution >= 4 is 28.8 Å². The second kappa shape index (κ2) is 5.38. The van der Waals surface area contributed by atoms with Gasteiger partial charge in [0.15, 0.2) is 10.9 Å². The SMILES string of the molecule is O=C(O)CSc1nc2ccccc2n1Cc1ccno1. The Bertz CT molecular complexity index is 736. The average molecular weight is 289 g/mol. The lowest BCUT2D eigenvalue weighted by molar-refractivity contribution is -0.133. The molecule has 3 aromatic rings. The number of benzene rings is 1. The maximum atomic E-state index is 10.7. The van der Waals surface area contributed by atoms with Crippen LogP contribution in [0.5, 0.6) is 0 Å². The molecular formula is C13H11N3O3S. The molecule has 0 radical (unpaired) electrons. The van der Waals surface area contributed by atoms with E-state index in [2.05, 4.69) is 10.1 Å². The van der Waals surface area contributed by atoms with Crippen LogP contribution in [0.25, 0.3) is 11.0 Å². The number of aromatic nitrogens is 3. The molecule has 1 N–H and O–H groups in total. The predicted molar refractivity (Wildman–Crippen MR) is 73.7 cm³/mol. The minimum absolute atomic E-state index is 0.0280. The van der Waals surface area contributed by atoms with E-state index in [0.717, 1.165) is 11.0 Å². The van der Waals surface area contributed by atoms with Crippen molar-refractivity contribution in [2.24, 2.45) is 0 Å². The molecule has 0 atom stereocenters. The van der Waals surface area contributed by atoms with Crippen LogP contribution in [0.1, 0.15) is 5.76 Å². The molecule has 7 heteroatoms. The number of hydrogen-bond donors (Lipinski definition) is 1. The second-order valence-corrected chi connectivity index (χ2v) is 5.07. The Hall–Kier alpha value is -2.28. The molecule has 2 heterocycles. The van der Waals surface area contributed by atoms with Gasteiger partial charge >= 0.3 is 5.97 Å². The Morgan fingerprint density at radius 3 is 2.95 bits per heavy atom. The van der Waals surface area contributed by atoms with Crippen LogP contribution >= 0.6 is 11.8 Å². The number of para-hydroxylation sites is 2. The molecule has 0 amide bonds. The van der Waals surface area contributed by atoms with Gasteiger partial charge in [-0.3, -0.25) is 4.79 Å². The van der Waals surface area contributed by atoms with Crippen LogP contribution in [-0.4, -0.2) is 31.5 Å². The number of thioether (sulfide) groups is 1. The number of fused-ring (bicyclic) bond motifs is 1. The lowest BCUT2D eigenvalue weighted by Crippen LogP contribution is -2.04. The van der Waals surface area contributed by atoms with Crippen molar-refractivity contribution in [2.75, 3.05) is 5.75 Å². The number of nitrogens with zero attached hydrogens (tertiary/aromatic N) is 3. The average Bonchev–Trinajstić information content (AvgIpc) is 3.05. The van der Waals surface area contributed by atoms with Gasteiger partial charge in [-0.25, -0.2) is 4.98 Å². The van der Waals surface area contributed by atoms with Crippen LogP contribution in [0.3, 0.4) is 0 Å². The van der Waals surface area contributed by atoms with E-state index >= 15 is 0 Å². The van der Waals surface area contributed by atoms with Crippen molar-refractivity contribution in [1.29, 1.82) is 0 Å². The molecule has 0 aliphatic carbocycles. The first-order valence-corrected chi connectivity index (χ1v) is 6.92. The topological polar surface area (TPSA) is 81.1 Å². The van der Waals surface area contributed by atoms with Gasteiger partial charge in [-0.05, 0) is 12.1 Å². The van der Waals surface area contributed by atoms with Gasteiger partial charge in [0.25, 0.3) is 0 Å². The largest absolute Gasteiger partial charge is 0.481 e. The first-order valence-electron chi connectivity index (χ1n) is 5.93. The molecule has 1 aromatic carbocycles. The summed E-state index contributed by atoms with van der Waals surface area (Å²) in [4.78, 5) is 15.2. The van der Waals surface area contributed by atoms with Gasteiger partial charge in [-0.15, -0.1) is 0 Å². The summed E-state index contributed by atoms with van der Waals surface area (Å²) in [6.07, 6.45) is 1.58. The monoisotopic (exact) mass is 289 g/mol. The van der Waals surface area contributed by atoms with Gasteiger partial charge in [0.05, 0.1) is 29.5 Å². The molecule has 3 rings (SSSR count). The molecule has 0 saturated carbocycles. The lowest BCUT2D eigenvalue weighted by atomic mass is 10.3. The van der Waals surface area contributed by atoms with Gasteiger partial charge in [0.2, 0.25) is 0 Å². The number of carboxylic acid groups (broad SMARTS) is 1. The molecule has 20 heavy (non-hydrogen) atoms. The number of imidazole rings is 1. The number of aliphatic carboxylic acids is 1. The van der Waals surface area contributed by atoms with Gasteiger partial charge in [0.1, 0.15) is 0 Å². The van der Waals surface area contributed by atoms with Crippen molar-refractivity contribution in [3.8, 4) is 0 Å². The Balaban J connectivity index is 2.01. The normalized spacial score (nSPS) is 11.0. The Kier molecular flexibility index (Phi) is 3.42. The summed E-state index contributed by atoms with van der Waals surface area (Å²) in [5.74, 6) is -0.196. The summed E-state index contributed by atoms with van der Waals surface area (Å²) in [6, 6.07) is 9.45. The van der Waals surface area contributed by atoms with Crippen molar-refractivity contribution < 1.29 is 14.4 Å². The van der Waals surface area contributed by atoms with E-state index in [-0.39, 0.29) is 5.75 Å². The molecule has 0 spiro atoms. The molecule has 2 aromatic heterocycles. The van der Waals surface area contributed by atoms with Crippen molar-refractivity contribution in [2.45, 2.75) is 11.7 Å². The minimum atomic E-state index is -0.867. The van der Waals surface area contributed by atoms with Gasteiger partial charge in [-0.1, -0.05) is 29.1 Å². The zero-order valence-corrected chi connectivity index (χ0v) is 11.2. The number of carboxylic acids is 1. The third-order valence-electron chi connectivity index (χ3n) is 2.75. The Morgan fingerprint density at radius 2 is 2.20 bits per heavy atom. The number of carbonyl (C=O) groups is 1. The summed E-state index contributed by atoms with van der Waals surface area (Å²) in [5, 5.41) is 13.1. The van der Waals surface area contributed by atoms with Crippen LogP contribution in [0, 0.1) is 0 Å².